The Morgan fingerprint density at radius 2 is 1.49 bits per heavy atom. The number of aliphatic hydroxyl groups is 3. The molecule has 6 N–H and O–H groups in total. The van der Waals surface area contributed by atoms with Gasteiger partial charge in [-0.3, -0.25) is 19.2 Å². The first-order valence-corrected chi connectivity index (χ1v) is 15.8. The molecule has 278 valence electrons. The molecule has 0 bridgehead atoms. The summed E-state index contributed by atoms with van der Waals surface area (Å²) in [4.78, 5) is 48.7. The van der Waals surface area contributed by atoms with E-state index < -0.39 is 104 Å². The molecule has 5 rings (SSSR count). The average molecular weight is 723 g/mol. The lowest BCUT2D eigenvalue weighted by atomic mass is 9.94. The molecule has 0 unspecified atom stereocenters. The van der Waals surface area contributed by atoms with E-state index in [-0.39, 0.29) is 40.5 Å². The fourth-order valence-electron chi connectivity index (χ4n) is 6.01. The summed E-state index contributed by atoms with van der Waals surface area (Å²) in [6.07, 6.45) is -17.2. The number of carbonyl (C=O) groups excluding carboxylic acids is 4. The van der Waals surface area contributed by atoms with Crippen LogP contribution in [-0.4, -0.2) is 122 Å². The molecule has 3 heterocycles. The van der Waals surface area contributed by atoms with Crippen molar-refractivity contribution in [2.45, 2.75) is 102 Å². The maximum atomic E-state index is 13.0. The van der Waals surface area contributed by atoms with Gasteiger partial charge in [-0.2, -0.15) is 0 Å². The number of aliphatic hydroxyl groups excluding tert-OH is 3. The number of ketones is 1. The van der Waals surface area contributed by atoms with Crippen molar-refractivity contribution in [3.8, 4) is 28.7 Å². The van der Waals surface area contributed by atoms with E-state index in [1.807, 2.05) is 0 Å². The van der Waals surface area contributed by atoms with E-state index in [4.69, 9.17) is 37.9 Å². The third-order valence-electron chi connectivity index (χ3n) is 8.31. The van der Waals surface area contributed by atoms with Crippen LogP contribution < -0.4 is 9.47 Å². The van der Waals surface area contributed by atoms with Gasteiger partial charge in [-0.1, -0.05) is 0 Å². The van der Waals surface area contributed by atoms with Gasteiger partial charge in [0.2, 0.25) is 6.29 Å². The van der Waals surface area contributed by atoms with Crippen molar-refractivity contribution in [2.75, 3.05) is 6.61 Å². The molecule has 18 nitrogen and oxygen atoms in total. The third kappa shape index (κ3) is 8.27. The Kier molecular flexibility index (Phi) is 11.2. The van der Waals surface area contributed by atoms with Crippen molar-refractivity contribution in [3.63, 3.8) is 0 Å². The molecule has 0 aromatic heterocycles. The first-order valence-electron chi connectivity index (χ1n) is 15.8. The molecule has 0 spiro atoms. The number of rotatable bonds is 9. The summed E-state index contributed by atoms with van der Waals surface area (Å²) >= 11 is 0. The van der Waals surface area contributed by atoms with Crippen LogP contribution in [-0.2, 0) is 42.8 Å². The number of phenols is 3. The van der Waals surface area contributed by atoms with Gasteiger partial charge in [-0.15, -0.1) is 0 Å². The number of hydrogen-bond acceptors (Lipinski definition) is 18. The first-order chi connectivity index (χ1) is 24.0. The second-order valence-electron chi connectivity index (χ2n) is 12.2. The summed E-state index contributed by atoms with van der Waals surface area (Å²) < 4.78 is 45.2. The smallest absolute Gasteiger partial charge is 0.303 e. The van der Waals surface area contributed by atoms with Crippen molar-refractivity contribution in [3.05, 3.63) is 41.5 Å². The molecule has 0 amide bonds. The van der Waals surface area contributed by atoms with Crippen molar-refractivity contribution >= 4 is 23.7 Å². The highest BCUT2D eigenvalue weighted by Crippen LogP contribution is 2.44. The van der Waals surface area contributed by atoms with Gasteiger partial charge in [0.05, 0.1) is 12.5 Å². The van der Waals surface area contributed by atoms with Crippen LogP contribution in [0.5, 0.6) is 28.7 Å². The van der Waals surface area contributed by atoms with Gasteiger partial charge in [-0.05, 0) is 25.1 Å². The molecule has 18 heteroatoms. The van der Waals surface area contributed by atoms with Crippen molar-refractivity contribution < 1.29 is 87.7 Å². The number of benzene rings is 2. The Bertz CT molecular complexity index is 1640. The van der Waals surface area contributed by atoms with Crippen molar-refractivity contribution in [2.24, 2.45) is 0 Å². The number of hydrogen-bond donors (Lipinski definition) is 6. The molecule has 3 aliphatic heterocycles. The third-order valence-corrected chi connectivity index (χ3v) is 8.31. The highest BCUT2D eigenvalue weighted by Gasteiger charge is 2.54. The van der Waals surface area contributed by atoms with Crippen LogP contribution in [0.3, 0.4) is 0 Å². The molecule has 0 aliphatic carbocycles. The Labute approximate surface area is 289 Å². The van der Waals surface area contributed by atoms with Crippen LogP contribution in [0.2, 0.25) is 0 Å². The zero-order valence-electron chi connectivity index (χ0n) is 27.7. The Morgan fingerprint density at radius 3 is 2.16 bits per heavy atom. The lowest BCUT2D eigenvalue weighted by Crippen LogP contribution is -2.65. The average Bonchev–Trinajstić information content (AvgIpc) is 3.03. The lowest BCUT2D eigenvalue weighted by molar-refractivity contribution is -0.351. The molecule has 2 fully saturated rings. The molecule has 2 aromatic carbocycles. The van der Waals surface area contributed by atoms with E-state index in [1.165, 1.54) is 25.1 Å². The van der Waals surface area contributed by atoms with Crippen LogP contribution in [0.15, 0.2) is 30.3 Å². The van der Waals surface area contributed by atoms with Gasteiger partial charge in [0.1, 0.15) is 77.5 Å². The quantitative estimate of drug-likeness (QED) is 0.150. The van der Waals surface area contributed by atoms with E-state index in [2.05, 4.69) is 0 Å². The van der Waals surface area contributed by atoms with Crippen LogP contribution in [0, 0.1) is 0 Å². The van der Waals surface area contributed by atoms with Gasteiger partial charge in [0.15, 0.2) is 24.3 Å². The highest BCUT2D eigenvalue weighted by atomic mass is 16.8. The lowest BCUT2D eigenvalue weighted by Gasteiger charge is -2.47. The summed E-state index contributed by atoms with van der Waals surface area (Å²) in [5.41, 5.74) is -0.0403. The first kappa shape index (κ1) is 37.5. The Balaban J connectivity index is 1.45. The van der Waals surface area contributed by atoms with Crippen molar-refractivity contribution in [1.29, 1.82) is 0 Å². The molecular weight excluding hydrogens is 684 g/mol. The number of aromatic hydroxyl groups is 3. The van der Waals surface area contributed by atoms with Crippen LogP contribution >= 0.6 is 0 Å². The van der Waals surface area contributed by atoms with Gasteiger partial charge < -0.3 is 68.5 Å². The molecule has 51 heavy (non-hydrogen) atoms. The fraction of sp³-hybridized carbons (Fsp3) is 0.515. The number of esters is 3. The monoisotopic (exact) mass is 722 g/mol. The largest absolute Gasteiger partial charge is 0.508 e. The second-order valence-corrected chi connectivity index (χ2v) is 12.2. The number of fused-ring (bicyclic) bond motifs is 1. The zero-order valence-corrected chi connectivity index (χ0v) is 27.7. The summed E-state index contributed by atoms with van der Waals surface area (Å²) in [5, 5.41) is 63.6. The summed E-state index contributed by atoms with van der Waals surface area (Å²) in [7, 11) is 0. The number of Topliss-reactive ketones (excluding diaryl/α,β-unsaturated/α-hetero) is 1. The standard InChI is InChI=1S/C33H38O18/c1-12-26(41)30(51-32-28(43)29(46-14(3)35)27(42)24(50-32)11-44-13(2)34)31(47-15(4)36)33(45-12)49-21-6-5-16(37)7-18(21)22-10-20(40)25-19(39)8-17(38)9-23(25)48-22/h5-9,12,22,24,26-33,37-39,41-43H,10-11H2,1-4H3/t12-,22-,24+,26-,27+,28+,29-,30+,31+,32-,33-/m0/s1. The minimum absolute atomic E-state index is 0.0450. The van der Waals surface area contributed by atoms with Gasteiger partial charge in [-0.25, -0.2) is 0 Å². The predicted octanol–water partition coefficient (Wildman–Crippen LogP) is 0.253. The van der Waals surface area contributed by atoms with E-state index in [1.54, 1.807) is 0 Å². The number of ether oxygens (including phenoxy) is 8. The highest BCUT2D eigenvalue weighted by molar-refractivity contribution is 6.02. The summed E-state index contributed by atoms with van der Waals surface area (Å²) in [6, 6.07) is 5.93. The molecule has 0 saturated carbocycles. The van der Waals surface area contributed by atoms with E-state index >= 15 is 0 Å². The minimum atomic E-state index is -1.87. The topological polar surface area (TPSA) is 263 Å². The number of phenolic OH excluding ortho intramolecular Hbond substituents is 3. The van der Waals surface area contributed by atoms with E-state index in [0.29, 0.717) is 0 Å². The minimum Gasteiger partial charge on any atom is -0.508 e. The zero-order chi connectivity index (χ0) is 37.3. The van der Waals surface area contributed by atoms with Crippen LogP contribution in [0.4, 0.5) is 0 Å². The fourth-order valence-corrected chi connectivity index (χ4v) is 6.01. The van der Waals surface area contributed by atoms with Gasteiger partial charge >= 0.3 is 17.9 Å². The molecule has 11 atom stereocenters. The SMILES string of the molecule is CC(=O)OC[C@H]1O[C@@H](O[C@@H]2[C@@H](O)[C@H](C)O[C@@H](Oc3ccc(O)cc3[C@@H]3CC(=O)c4c(O)cc(O)cc4O3)[C@@H]2OC(C)=O)[C@H](O)[C@@H](OC(C)=O)[C@@H]1O. The summed E-state index contributed by atoms with van der Waals surface area (Å²) in [6.45, 7) is 4.10. The van der Waals surface area contributed by atoms with Crippen LogP contribution in [0.25, 0.3) is 0 Å². The Hall–Kier alpha value is -4.72. The maximum Gasteiger partial charge on any atom is 0.303 e. The molecule has 2 aromatic rings. The van der Waals surface area contributed by atoms with Gasteiger partial charge in [0.25, 0.3) is 0 Å². The second kappa shape index (κ2) is 15.3. The number of carbonyl (C=O) groups is 4. The normalized spacial score (nSPS) is 31.8. The molecule has 3 aliphatic rings. The van der Waals surface area contributed by atoms with Gasteiger partial charge in [0, 0.05) is 38.5 Å². The molecule has 0 radical (unpaired) electrons. The van der Waals surface area contributed by atoms with Crippen LogP contribution in [0.1, 0.15) is 56.1 Å². The maximum absolute atomic E-state index is 13.0. The van der Waals surface area contributed by atoms with E-state index in [9.17, 15) is 49.8 Å². The molecular formula is C33H38O18. The Morgan fingerprint density at radius 1 is 0.804 bits per heavy atom. The molecule has 2 saturated heterocycles. The van der Waals surface area contributed by atoms with E-state index in [0.717, 1.165) is 32.9 Å². The predicted molar refractivity (Wildman–Crippen MR) is 164 cm³/mol. The summed E-state index contributed by atoms with van der Waals surface area (Å²) in [5.74, 6) is -4.30. The van der Waals surface area contributed by atoms with Crippen molar-refractivity contribution in [1.82, 2.24) is 0 Å².